The number of ether oxygens (including phenoxy) is 2. The molecule has 1 unspecified atom stereocenters. The van der Waals surface area contributed by atoms with Crippen LogP contribution in [0.4, 0.5) is 4.79 Å². The van der Waals surface area contributed by atoms with E-state index in [0.29, 0.717) is 22.3 Å². The SMILES string of the molecule is CC(C)(C)OC(=O)/N=C(/N)c1cc2c(OC(c3ccccc3)c3nc(-c4ccccc4)no3)cccc2s1. The molecule has 0 saturated carbocycles. The van der Waals surface area contributed by atoms with Crippen LogP contribution < -0.4 is 10.5 Å². The van der Waals surface area contributed by atoms with Gasteiger partial charge in [-0.3, -0.25) is 0 Å². The first-order valence-electron chi connectivity index (χ1n) is 12.0. The summed E-state index contributed by atoms with van der Waals surface area (Å²) < 4.78 is 18.4. The maximum atomic E-state index is 12.2. The van der Waals surface area contributed by atoms with Gasteiger partial charge in [-0.1, -0.05) is 71.9 Å². The average Bonchev–Trinajstić information content (AvgIpc) is 3.55. The summed E-state index contributed by atoms with van der Waals surface area (Å²) in [7, 11) is 0. The highest BCUT2D eigenvalue weighted by Crippen LogP contribution is 2.37. The molecule has 8 nitrogen and oxygen atoms in total. The number of hydrogen-bond donors (Lipinski definition) is 1. The van der Waals surface area contributed by atoms with Crippen LogP contribution in [0.3, 0.4) is 0 Å². The molecule has 2 aromatic heterocycles. The van der Waals surface area contributed by atoms with Gasteiger partial charge in [-0.25, -0.2) is 4.79 Å². The van der Waals surface area contributed by atoms with Crippen LogP contribution in [0, 0.1) is 0 Å². The van der Waals surface area contributed by atoms with E-state index < -0.39 is 17.8 Å². The van der Waals surface area contributed by atoms with Gasteiger partial charge in [0, 0.05) is 21.2 Å². The van der Waals surface area contributed by atoms with Gasteiger partial charge in [0.05, 0.1) is 4.88 Å². The lowest BCUT2D eigenvalue weighted by Gasteiger charge is -2.17. The van der Waals surface area contributed by atoms with Gasteiger partial charge in [0.1, 0.15) is 17.2 Å². The van der Waals surface area contributed by atoms with Crippen molar-refractivity contribution < 1.29 is 18.8 Å². The predicted octanol–water partition coefficient (Wildman–Crippen LogP) is 6.76. The molecule has 0 aliphatic carbocycles. The summed E-state index contributed by atoms with van der Waals surface area (Å²) in [6.45, 7) is 5.32. The van der Waals surface area contributed by atoms with E-state index in [1.807, 2.05) is 84.9 Å². The van der Waals surface area contributed by atoms with E-state index in [2.05, 4.69) is 15.1 Å². The summed E-state index contributed by atoms with van der Waals surface area (Å²) in [5, 5.41) is 4.99. The number of fused-ring (bicyclic) bond motifs is 1. The molecule has 2 N–H and O–H groups in total. The summed E-state index contributed by atoms with van der Waals surface area (Å²) in [5.41, 5.74) is 7.19. The monoisotopic (exact) mass is 526 g/mol. The van der Waals surface area contributed by atoms with E-state index in [-0.39, 0.29) is 5.84 Å². The molecular weight excluding hydrogens is 500 g/mol. The minimum absolute atomic E-state index is 0.0791. The summed E-state index contributed by atoms with van der Waals surface area (Å²) in [4.78, 5) is 21.3. The standard InChI is InChI=1S/C29H26N4O4S/c1-29(2,3)36-28(34)31-25(30)23-17-20-21(15-10-16-22(20)38-23)35-24(18-11-6-4-7-12-18)27-32-26(33-37-27)19-13-8-5-9-14-19/h4-17,24H,1-3H3,(H2,30,31,34). The van der Waals surface area contributed by atoms with Crippen molar-refractivity contribution in [3.63, 3.8) is 0 Å². The Balaban J connectivity index is 1.49. The molecule has 0 spiro atoms. The van der Waals surface area contributed by atoms with Crippen LogP contribution in [0.5, 0.6) is 5.75 Å². The number of aromatic nitrogens is 2. The molecule has 0 saturated heterocycles. The van der Waals surface area contributed by atoms with Crippen molar-refractivity contribution in [1.29, 1.82) is 0 Å². The number of hydrogen-bond acceptors (Lipinski definition) is 7. The van der Waals surface area contributed by atoms with Gasteiger partial charge in [-0.15, -0.1) is 11.3 Å². The molecule has 5 rings (SSSR count). The van der Waals surface area contributed by atoms with Crippen molar-refractivity contribution >= 4 is 33.4 Å². The van der Waals surface area contributed by atoms with E-state index in [4.69, 9.17) is 19.7 Å². The fraction of sp³-hybridized carbons (Fsp3) is 0.172. The molecule has 5 aromatic rings. The topological polar surface area (TPSA) is 113 Å². The lowest BCUT2D eigenvalue weighted by molar-refractivity contribution is 0.0604. The van der Waals surface area contributed by atoms with Crippen molar-refractivity contribution in [2.75, 3.05) is 0 Å². The van der Waals surface area contributed by atoms with Gasteiger partial charge in [0.2, 0.25) is 11.9 Å². The number of aliphatic imine (C=N–C) groups is 1. The first-order valence-corrected chi connectivity index (χ1v) is 12.8. The summed E-state index contributed by atoms with van der Waals surface area (Å²) in [5.74, 6) is 1.49. The molecule has 0 radical (unpaired) electrons. The quantitative estimate of drug-likeness (QED) is 0.192. The van der Waals surface area contributed by atoms with Gasteiger partial charge in [-0.2, -0.15) is 9.98 Å². The highest BCUT2D eigenvalue weighted by Gasteiger charge is 2.25. The van der Waals surface area contributed by atoms with Crippen molar-refractivity contribution in [3.05, 3.63) is 101 Å². The predicted molar refractivity (Wildman–Crippen MR) is 147 cm³/mol. The Labute approximate surface area is 223 Å². The number of rotatable bonds is 6. The molecule has 38 heavy (non-hydrogen) atoms. The number of carbonyl (C=O) groups excluding carboxylic acids is 1. The van der Waals surface area contributed by atoms with E-state index in [9.17, 15) is 4.79 Å². The molecule has 0 fully saturated rings. The lowest BCUT2D eigenvalue weighted by Crippen LogP contribution is -2.24. The van der Waals surface area contributed by atoms with Gasteiger partial charge >= 0.3 is 6.09 Å². The number of amidine groups is 1. The Morgan fingerprint density at radius 1 is 1.00 bits per heavy atom. The first-order chi connectivity index (χ1) is 18.3. The molecule has 1 atom stereocenters. The third-order valence-electron chi connectivity index (χ3n) is 5.42. The van der Waals surface area contributed by atoms with E-state index in [1.165, 1.54) is 11.3 Å². The van der Waals surface area contributed by atoms with E-state index in [1.54, 1.807) is 20.8 Å². The normalized spacial score (nSPS) is 12.9. The van der Waals surface area contributed by atoms with Gasteiger partial charge < -0.3 is 19.7 Å². The molecule has 3 aromatic carbocycles. The Kier molecular flexibility index (Phi) is 6.93. The second kappa shape index (κ2) is 10.5. The molecular formula is C29H26N4O4S. The van der Waals surface area contributed by atoms with E-state index in [0.717, 1.165) is 21.2 Å². The minimum atomic E-state index is -0.737. The third-order valence-corrected chi connectivity index (χ3v) is 6.55. The lowest BCUT2D eigenvalue weighted by atomic mass is 10.1. The van der Waals surface area contributed by atoms with Crippen LogP contribution in [-0.4, -0.2) is 27.7 Å². The molecule has 2 heterocycles. The van der Waals surface area contributed by atoms with Crippen molar-refractivity contribution in [3.8, 4) is 17.1 Å². The van der Waals surface area contributed by atoms with Crippen molar-refractivity contribution in [2.45, 2.75) is 32.5 Å². The maximum Gasteiger partial charge on any atom is 0.436 e. The zero-order valence-electron chi connectivity index (χ0n) is 21.1. The Hall–Kier alpha value is -4.50. The molecule has 0 aliphatic heterocycles. The molecule has 0 bridgehead atoms. The minimum Gasteiger partial charge on any atom is -0.475 e. The Bertz CT molecular complexity index is 1590. The zero-order chi connectivity index (χ0) is 26.7. The molecule has 0 aliphatic rings. The number of nitrogens with zero attached hydrogens (tertiary/aromatic N) is 3. The maximum absolute atomic E-state index is 12.2. The van der Waals surface area contributed by atoms with Gasteiger partial charge in [-0.05, 0) is 39.0 Å². The van der Waals surface area contributed by atoms with E-state index >= 15 is 0 Å². The van der Waals surface area contributed by atoms with Crippen LogP contribution >= 0.6 is 11.3 Å². The fourth-order valence-corrected chi connectivity index (χ4v) is 4.74. The van der Waals surface area contributed by atoms with Crippen LogP contribution in [0.25, 0.3) is 21.5 Å². The number of nitrogens with two attached hydrogens (primary N) is 1. The fourth-order valence-electron chi connectivity index (χ4n) is 3.76. The van der Waals surface area contributed by atoms with Crippen LogP contribution in [0.1, 0.15) is 43.2 Å². The Morgan fingerprint density at radius 3 is 2.42 bits per heavy atom. The molecule has 1 amide bonds. The zero-order valence-corrected chi connectivity index (χ0v) is 21.9. The number of benzene rings is 3. The summed E-state index contributed by atoms with van der Waals surface area (Å²) in [6, 6.07) is 26.9. The van der Waals surface area contributed by atoms with Crippen molar-refractivity contribution in [2.24, 2.45) is 10.7 Å². The van der Waals surface area contributed by atoms with Gasteiger partial charge in [0.15, 0.2) is 0 Å². The number of amides is 1. The first kappa shape index (κ1) is 25.2. The second-order valence-corrected chi connectivity index (χ2v) is 10.6. The third kappa shape index (κ3) is 5.73. The smallest absolute Gasteiger partial charge is 0.436 e. The summed E-state index contributed by atoms with van der Waals surface area (Å²) >= 11 is 1.40. The highest BCUT2D eigenvalue weighted by molar-refractivity contribution is 7.21. The summed E-state index contributed by atoms with van der Waals surface area (Å²) in [6.07, 6.45) is -1.39. The number of thiophene rings is 1. The highest BCUT2D eigenvalue weighted by atomic mass is 32.1. The van der Waals surface area contributed by atoms with Crippen LogP contribution in [0.2, 0.25) is 0 Å². The Morgan fingerprint density at radius 2 is 1.71 bits per heavy atom. The molecule has 192 valence electrons. The molecule has 9 heteroatoms. The van der Waals surface area contributed by atoms with Crippen molar-refractivity contribution in [1.82, 2.24) is 10.1 Å². The van der Waals surface area contributed by atoms with Crippen LogP contribution in [-0.2, 0) is 4.74 Å². The number of carbonyl (C=O) groups is 1. The largest absolute Gasteiger partial charge is 0.475 e. The average molecular weight is 527 g/mol. The van der Waals surface area contributed by atoms with Crippen LogP contribution in [0.15, 0.2) is 94.4 Å². The second-order valence-electron chi connectivity index (χ2n) is 9.49. The van der Waals surface area contributed by atoms with Gasteiger partial charge in [0.25, 0.3) is 5.89 Å².